The van der Waals surface area contributed by atoms with E-state index in [-0.39, 0.29) is 31.8 Å². The molecule has 0 aromatic heterocycles. The van der Waals surface area contributed by atoms with Crippen LogP contribution in [0.25, 0.3) is 0 Å². The maximum atomic E-state index is 5.20. The van der Waals surface area contributed by atoms with Crippen LogP contribution in [-0.2, 0) is 14.2 Å². The van der Waals surface area contributed by atoms with Crippen LogP contribution in [0.5, 0.6) is 0 Å². The second-order valence-corrected chi connectivity index (χ2v) is 2.62. The molecule has 0 amide bonds. The molecule has 0 aliphatic carbocycles. The smallest absolute Gasteiger partial charge is 0.424 e. The van der Waals surface area contributed by atoms with E-state index in [1.165, 1.54) is 0 Å². The van der Waals surface area contributed by atoms with Crippen LogP contribution in [0.15, 0.2) is 6.08 Å². The molecule has 0 N–H and O–H groups in total. The third-order valence-corrected chi connectivity index (χ3v) is 1.41. The number of ether oxygens (including phenoxy) is 3. The van der Waals surface area contributed by atoms with Gasteiger partial charge in [0.25, 0.3) is 0 Å². The number of rotatable bonds is 7. The second-order valence-electron chi connectivity index (χ2n) is 2.17. The largest absolute Gasteiger partial charge is 1.00 e. The van der Waals surface area contributed by atoms with Crippen molar-refractivity contribution in [2.24, 2.45) is 0 Å². The predicted molar refractivity (Wildman–Crippen MR) is 50.0 cm³/mol. The summed E-state index contributed by atoms with van der Waals surface area (Å²) in [4.78, 5) is 2.70. The van der Waals surface area contributed by atoms with Crippen molar-refractivity contribution in [2.45, 2.75) is 13.0 Å². The zero-order valence-electron chi connectivity index (χ0n) is 8.38. The summed E-state index contributed by atoms with van der Waals surface area (Å²) in [6.45, 7) is 3.35. The third kappa shape index (κ3) is 12.7. The zero-order valence-corrected chi connectivity index (χ0v) is 9.96. The number of halogens is 1. The molecule has 0 unspecified atom stereocenters. The Morgan fingerprint density at radius 3 is 2.69 bits per heavy atom. The monoisotopic (exact) mass is 244 g/mol. The van der Waals surface area contributed by atoms with Gasteiger partial charge in [0.05, 0.1) is 13.2 Å². The Morgan fingerprint density at radius 2 is 2.15 bits per heavy atom. The van der Waals surface area contributed by atoms with E-state index in [0.717, 1.165) is 0 Å². The van der Waals surface area contributed by atoms with Crippen LogP contribution >= 0.6 is 15.9 Å². The molecule has 72 valence electrons. The molecule has 0 aromatic carbocycles. The van der Waals surface area contributed by atoms with Gasteiger partial charge in [-0.25, -0.2) is 6.08 Å². The Hall–Kier alpha value is 0.697. The summed E-state index contributed by atoms with van der Waals surface area (Å²) >= 11 is 3.04. The van der Waals surface area contributed by atoms with E-state index < -0.39 is 0 Å². The Kier molecular flexibility index (Phi) is 15.8. The van der Waals surface area contributed by atoms with E-state index in [1.807, 2.05) is 6.92 Å². The number of hydrogen-bond donors (Lipinski definition) is 0. The van der Waals surface area contributed by atoms with E-state index >= 15 is 0 Å². The summed E-state index contributed by atoms with van der Waals surface area (Å²) in [6.07, 6.45) is 1.78. The van der Waals surface area contributed by atoms with E-state index in [4.69, 9.17) is 14.2 Å². The molecule has 0 aromatic rings. The van der Waals surface area contributed by atoms with Crippen LogP contribution in [0.2, 0.25) is 0 Å². The first-order valence-electron chi connectivity index (χ1n) is 3.69. The average molecular weight is 245 g/mol. The Balaban J connectivity index is 0. The van der Waals surface area contributed by atoms with Crippen molar-refractivity contribution in [1.82, 2.24) is 0 Å². The molecule has 0 aliphatic heterocycles. The molecule has 0 fully saturated rings. The van der Waals surface area contributed by atoms with Gasteiger partial charge in [0.15, 0.2) is 0 Å². The van der Waals surface area contributed by atoms with E-state index in [0.29, 0.717) is 13.2 Å². The molecule has 13 heavy (non-hydrogen) atoms. The van der Waals surface area contributed by atoms with Crippen molar-refractivity contribution in [3.8, 4) is 0 Å². The van der Waals surface area contributed by atoms with Crippen molar-refractivity contribution >= 4 is 15.9 Å². The Morgan fingerprint density at radius 1 is 1.46 bits per heavy atom. The molecular formula is C8H14BrLiO3. The maximum Gasteiger partial charge on any atom is 1.00 e. The van der Waals surface area contributed by atoms with Crippen molar-refractivity contribution in [1.29, 1.82) is 0 Å². The molecule has 1 atom stereocenters. The van der Waals surface area contributed by atoms with Gasteiger partial charge in [-0.3, -0.25) is 0 Å². The van der Waals surface area contributed by atoms with Gasteiger partial charge in [0.2, 0.25) is 0 Å². The van der Waals surface area contributed by atoms with Crippen LogP contribution < -0.4 is 18.9 Å². The fourth-order valence-electron chi connectivity index (χ4n) is 0.493. The summed E-state index contributed by atoms with van der Waals surface area (Å²) in [7, 11) is 1.63. The topological polar surface area (TPSA) is 27.7 Å². The van der Waals surface area contributed by atoms with Crippen molar-refractivity contribution in [2.75, 3.05) is 27.1 Å². The summed E-state index contributed by atoms with van der Waals surface area (Å²) in [5, 5.41) is 0. The third-order valence-electron chi connectivity index (χ3n) is 1.14. The van der Waals surface area contributed by atoms with Crippen molar-refractivity contribution in [3.63, 3.8) is 0 Å². The van der Waals surface area contributed by atoms with Gasteiger partial charge in [-0.2, -0.15) is 0 Å². The van der Waals surface area contributed by atoms with E-state index in [9.17, 15) is 0 Å². The molecule has 0 spiro atoms. The van der Waals surface area contributed by atoms with Gasteiger partial charge >= 0.3 is 18.9 Å². The quantitative estimate of drug-likeness (QED) is 0.242. The normalized spacial score (nSPS) is 12.8. The van der Waals surface area contributed by atoms with Gasteiger partial charge in [0.1, 0.15) is 6.79 Å². The van der Waals surface area contributed by atoms with Crippen LogP contribution in [0.1, 0.15) is 6.92 Å². The van der Waals surface area contributed by atoms with E-state index in [2.05, 4.69) is 20.9 Å². The molecule has 0 bridgehead atoms. The van der Waals surface area contributed by atoms with Crippen LogP contribution in [0, 0.1) is 4.99 Å². The molecule has 0 rings (SSSR count). The fraction of sp³-hybridized carbons (Fsp3) is 0.750. The van der Waals surface area contributed by atoms with Gasteiger partial charge in [-0.15, -0.1) is 0 Å². The Bertz CT molecular complexity index is 122. The van der Waals surface area contributed by atoms with Gasteiger partial charge in [-0.1, -0.05) is 0 Å². The molecular weight excluding hydrogens is 231 g/mol. The molecule has 0 saturated carbocycles. The first-order valence-corrected chi connectivity index (χ1v) is 4.48. The van der Waals surface area contributed by atoms with Gasteiger partial charge in [-0.05, 0) is 6.92 Å². The van der Waals surface area contributed by atoms with E-state index in [1.54, 1.807) is 13.2 Å². The summed E-state index contributed by atoms with van der Waals surface area (Å²) in [6, 6.07) is 0. The SMILES string of the molecule is COCCOCO[C@@H](C)C=[C-]Br.[Li+]. The summed E-state index contributed by atoms with van der Waals surface area (Å²) in [5.41, 5.74) is 0. The molecule has 0 radical (unpaired) electrons. The van der Waals surface area contributed by atoms with Crippen molar-refractivity contribution < 1.29 is 33.1 Å². The molecule has 0 heterocycles. The molecule has 0 aliphatic rings. The summed E-state index contributed by atoms with van der Waals surface area (Å²) < 4.78 is 15.1. The van der Waals surface area contributed by atoms with Crippen molar-refractivity contribution in [3.05, 3.63) is 11.1 Å². The van der Waals surface area contributed by atoms with Crippen LogP contribution in [0.3, 0.4) is 0 Å². The minimum Gasteiger partial charge on any atom is -0.424 e. The predicted octanol–water partition coefficient (Wildman–Crippen LogP) is -1.27. The average Bonchev–Trinajstić information content (AvgIpc) is 2.05. The number of methoxy groups -OCH3 is 1. The minimum atomic E-state index is 0. The zero-order chi connectivity index (χ0) is 9.23. The molecule has 0 saturated heterocycles. The standard InChI is InChI=1S/C8H14BrO3.Li/c1-8(3-4-9)12-7-11-6-5-10-2;/h3,8H,5-7H2,1-2H3;/q-1;+1/t8-;/m0./s1. The molecule has 5 heteroatoms. The first-order chi connectivity index (χ1) is 5.81. The fourth-order valence-corrected chi connectivity index (χ4v) is 0.866. The van der Waals surface area contributed by atoms with Crippen LogP contribution in [-0.4, -0.2) is 33.2 Å². The maximum absolute atomic E-state index is 5.20. The number of hydrogen-bond acceptors (Lipinski definition) is 3. The summed E-state index contributed by atoms with van der Waals surface area (Å²) in [5.74, 6) is 0. The second kappa shape index (κ2) is 12.7. The Labute approximate surface area is 100 Å². The van der Waals surface area contributed by atoms with Crippen LogP contribution in [0.4, 0.5) is 0 Å². The van der Waals surface area contributed by atoms with Gasteiger partial charge < -0.3 is 35.1 Å². The first kappa shape index (κ1) is 16.1. The molecule has 3 nitrogen and oxygen atoms in total. The van der Waals surface area contributed by atoms with Gasteiger partial charge in [0, 0.05) is 13.2 Å². The minimum absolute atomic E-state index is 0.